The highest BCUT2D eigenvalue weighted by Gasteiger charge is 2.20. The smallest absolute Gasteiger partial charge is 0.262 e. The van der Waals surface area contributed by atoms with E-state index in [9.17, 15) is 9.59 Å². The van der Waals surface area contributed by atoms with Crippen LogP contribution >= 0.6 is 27.3 Å². The van der Waals surface area contributed by atoms with Gasteiger partial charge in [-0.05, 0) is 61.9 Å². The number of halogens is 1. The van der Waals surface area contributed by atoms with E-state index >= 15 is 0 Å². The zero-order chi connectivity index (χ0) is 19.0. The molecule has 0 unspecified atom stereocenters. The lowest BCUT2D eigenvalue weighted by Crippen LogP contribution is -2.24. The summed E-state index contributed by atoms with van der Waals surface area (Å²) in [6.45, 7) is 2.30. The molecule has 0 fully saturated rings. The third kappa shape index (κ3) is 3.71. The Morgan fingerprint density at radius 2 is 2.15 bits per heavy atom. The van der Waals surface area contributed by atoms with Crippen molar-refractivity contribution in [2.24, 2.45) is 0 Å². The monoisotopic (exact) mass is 445 g/mol. The number of thiophene rings is 1. The molecule has 1 aromatic carbocycles. The maximum atomic E-state index is 12.9. The molecule has 1 N–H and O–H groups in total. The number of carbonyl (C=O) groups excluding carboxylic acids is 1. The largest absolute Gasteiger partial charge is 0.326 e. The molecule has 4 rings (SSSR count). The van der Waals surface area contributed by atoms with E-state index in [2.05, 4.69) is 26.2 Å². The summed E-state index contributed by atoms with van der Waals surface area (Å²) in [4.78, 5) is 31.8. The number of hydrogen-bond acceptors (Lipinski definition) is 4. The van der Waals surface area contributed by atoms with Gasteiger partial charge >= 0.3 is 0 Å². The van der Waals surface area contributed by atoms with Crippen LogP contribution in [-0.2, 0) is 24.2 Å². The van der Waals surface area contributed by atoms with Gasteiger partial charge in [-0.3, -0.25) is 14.2 Å². The number of nitrogens with zero attached hydrogens (tertiary/aromatic N) is 2. The maximum absolute atomic E-state index is 12.9. The highest BCUT2D eigenvalue weighted by molar-refractivity contribution is 9.10. The molecule has 1 amide bonds. The predicted molar refractivity (Wildman–Crippen MR) is 113 cm³/mol. The Hall–Kier alpha value is -1.99. The van der Waals surface area contributed by atoms with Crippen LogP contribution < -0.4 is 10.9 Å². The van der Waals surface area contributed by atoms with Gasteiger partial charge < -0.3 is 5.32 Å². The minimum Gasteiger partial charge on any atom is -0.326 e. The molecule has 0 radical (unpaired) electrons. The zero-order valence-corrected chi connectivity index (χ0v) is 17.5. The van der Waals surface area contributed by atoms with Crippen LogP contribution in [0.25, 0.3) is 10.2 Å². The van der Waals surface area contributed by atoms with Crippen molar-refractivity contribution in [2.45, 2.75) is 45.6 Å². The van der Waals surface area contributed by atoms with Crippen molar-refractivity contribution >= 4 is 49.1 Å². The van der Waals surface area contributed by atoms with Gasteiger partial charge in [-0.1, -0.05) is 15.9 Å². The van der Waals surface area contributed by atoms with Gasteiger partial charge in [0.05, 0.1) is 11.7 Å². The fourth-order valence-corrected chi connectivity index (χ4v) is 4.97. The molecule has 7 heteroatoms. The highest BCUT2D eigenvalue weighted by atomic mass is 79.9. The molecule has 0 atom stereocenters. The molecule has 0 aliphatic heterocycles. The van der Waals surface area contributed by atoms with Crippen LogP contribution in [0, 0.1) is 6.92 Å². The average Bonchev–Trinajstić information content (AvgIpc) is 3.03. The van der Waals surface area contributed by atoms with E-state index in [0.29, 0.717) is 6.54 Å². The number of amides is 1. The Morgan fingerprint density at radius 1 is 1.33 bits per heavy atom. The number of fused-ring (bicyclic) bond motifs is 3. The van der Waals surface area contributed by atoms with Gasteiger partial charge in [0.1, 0.15) is 4.83 Å². The first-order valence-electron chi connectivity index (χ1n) is 9.08. The van der Waals surface area contributed by atoms with E-state index in [1.807, 2.05) is 25.1 Å². The number of nitrogens with one attached hydrogen (secondary N) is 1. The first kappa shape index (κ1) is 18.4. The molecule has 3 aromatic rings. The van der Waals surface area contributed by atoms with Crippen molar-refractivity contribution in [3.05, 3.63) is 55.4 Å². The number of aromatic nitrogens is 2. The molecular formula is C20H20BrN3O2S. The van der Waals surface area contributed by atoms with Crippen molar-refractivity contribution < 1.29 is 4.79 Å². The Kier molecular flexibility index (Phi) is 5.14. The van der Waals surface area contributed by atoms with Crippen LogP contribution in [0.4, 0.5) is 5.69 Å². The third-order valence-corrected chi connectivity index (χ3v) is 7.05. The third-order valence-electron chi connectivity index (χ3n) is 4.96. The normalized spacial score (nSPS) is 13.6. The van der Waals surface area contributed by atoms with Gasteiger partial charge in [-0.2, -0.15) is 0 Å². The quantitative estimate of drug-likeness (QED) is 0.645. The van der Waals surface area contributed by atoms with E-state index in [4.69, 9.17) is 0 Å². The van der Waals surface area contributed by atoms with E-state index in [1.54, 1.807) is 22.2 Å². The lowest BCUT2D eigenvalue weighted by atomic mass is 9.97. The lowest BCUT2D eigenvalue weighted by molar-refractivity contribution is -0.116. The van der Waals surface area contributed by atoms with E-state index in [1.165, 1.54) is 16.9 Å². The fraction of sp³-hybridized carbons (Fsp3) is 0.350. The van der Waals surface area contributed by atoms with Gasteiger partial charge in [0.15, 0.2) is 0 Å². The molecule has 1 aliphatic rings. The van der Waals surface area contributed by atoms with Crippen molar-refractivity contribution in [2.75, 3.05) is 5.32 Å². The van der Waals surface area contributed by atoms with E-state index < -0.39 is 0 Å². The molecule has 0 saturated carbocycles. The average molecular weight is 446 g/mol. The number of carbonyl (C=O) groups is 1. The second-order valence-corrected chi connectivity index (χ2v) is 8.83. The van der Waals surface area contributed by atoms with Crippen LogP contribution in [0.1, 0.15) is 35.3 Å². The number of rotatable bonds is 4. The molecule has 0 spiro atoms. The van der Waals surface area contributed by atoms with E-state index in [-0.39, 0.29) is 17.9 Å². The Bertz CT molecular complexity index is 1090. The van der Waals surface area contributed by atoms with Crippen molar-refractivity contribution in [3.8, 4) is 0 Å². The van der Waals surface area contributed by atoms with Crippen LogP contribution in [0.15, 0.2) is 33.8 Å². The van der Waals surface area contributed by atoms with Crippen LogP contribution in [-0.4, -0.2) is 15.5 Å². The highest BCUT2D eigenvalue weighted by Crippen LogP contribution is 2.33. The zero-order valence-electron chi connectivity index (χ0n) is 15.0. The minimum absolute atomic E-state index is 0.0216. The van der Waals surface area contributed by atoms with Gasteiger partial charge in [0.25, 0.3) is 5.56 Å². The fourth-order valence-electron chi connectivity index (χ4n) is 3.51. The number of anilines is 1. The van der Waals surface area contributed by atoms with Crippen molar-refractivity contribution in [1.82, 2.24) is 9.55 Å². The molecule has 5 nitrogen and oxygen atoms in total. The molecule has 2 heterocycles. The van der Waals surface area contributed by atoms with Gasteiger partial charge in [-0.15, -0.1) is 11.3 Å². The Labute approximate surface area is 169 Å². The molecule has 27 heavy (non-hydrogen) atoms. The topological polar surface area (TPSA) is 64.0 Å². The van der Waals surface area contributed by atoms with Crippen LogP contribution in [0.5, 0.6) is 0 Å². The summed E-state index contributed by atoms with van der Waals surface area (Å²) < 4.78 is 2.57. The van der Waals surface area contributed by atoms with Gasteiger partial charge in [0.2, 0.25) is 5.91 Å². The molecule has 140 valence electrons. The molecule has 2 aromatic heterocycles. The predicted octanol–water partition coefficient (Wildman–Crippen LogP) is 4.44. The second-order valence-electron chi connectivity index (χ2n) is 6.90. The van der Waals surface area contributed by atoms with Crippen LogP contribution in [0.2, 0.25) is 0 Å². The first-order valence-corrected chi connectivity index (χ1v) is 10.7. The summed E-state index contributed by atoms with van der Waals surface area (Å²) in [6, 6.07) is 5.68. The van der Waals surface area contributed by atoms with Gasteiger partial charge in [-0.25, -0.2) is 4.98 Å². The summed E-state index contributed by atoms with van der Waals surface area (Å²) in [7, 11) is 0. The summed E-state index contributed by atoms with van der Waals surface area (Å²) in [5, 5.41) is 3.65. The standard InChI is InChI=1S/C20H20BrN3O2S/c1-12-10-13(6-7-15(12)21)23-17(25)8-9-24-11-22-19-18(20(24)26)14-4-2-3-5-16(14)27-19/h6-7,10-11H,2-5,8-9H2,1H3,(H,23,25). The second kappa shape index (κ2) is 7.56. The van der Waals surface area contributed by atoms with Crippen molar-refractivity contribution in [1.29, 1.82) is 0 Å². The van der Waals surface area contributed by atoms with E-state index in [0.717, 1.165) is 45.2 Å². The van der Waals surface area contributed by atoms with Gasteiger partial charge in [0, 0.05) is 28.0 Å². The minimum atomic E-state index is -0.115. The summed E-state index contributed by atoms with van der Waals surface area (Å²) in [6.07, 6.45) is 6.12. The molecule has 1 aliphatic carbocycles. The van der Waals surface area contributed by atoms with Crippen LogP contribution in [0.3, 0.4) is 0 Å². The Balaban J connectivity index is 1.50. The number of hydrogen-bond donors (Lipinski definition) is 1. The number of aryl methyl sites for hydroxylation is 4. The Morgan fingerprint density at radius 3 is 2.96 bits per heavy atom. The summed E-state index contributed by atoms with van der Waals surface area (Å²) in [5.41, 5.74) is 2.98. The first-order chi connectivity index (χ1) is 13.0. The lowest BCUT2D eigenvalue weighted by Gasteiger charge is -2.11. The maximum Gasteiger partial charge on any atom is 0.262 e. The number of benzene rings is 1. The SMILES string of the molecule is Cc1cc(NC(=O)CCn2cnc3sc4c(c3c2=O)CCCC4)ccc1Br. The summed E-state index contributed by atoms with van der Waals surface area (Å²) in [5.74, 6) is -0.115. The molecular weight excluding hydrogens is 426 g/mol. The van der Waals surface area contributed by atoms with Crippen molar-refractivity contribution in [3.63, 3.8) is 0 Å². The summed E-state index contributed by atoms with van der Waals surface area (Å²) >= 11 is 5.09. The molecule has 0 saturated heterocycles. The molecule has 0 bridgehead atoms.